The summed E-state index contributed by atoms with van der Waals surface area (Å²) in [6, 6.07) is 0. The number of esters is 1. The Balaban J connectivity index is 1.61. The van der Waals surface area contributed by atoms with Crippen molar-refractivity contribution >= 4 is 11.8 Å². The second-order valence-corrected chi connectivity index (χ2v) is 9.94. The Morgan fingerprint density at radius 3 is 2.69 bits per heavy atom. The molecule has 4 fully saturated rings. The van der Waals surface area contributed by atoms with Crippen LogP contribution in [0.15, 0.2) is 0 Å². The molecule has 4 heteroatoms. The number of ether oxygens (including phenoxy) is 1. The van der Waals surface area contributed by atoms with E-state index >= 15 is 0 Å². The molecule has 26 heavy (non-hydrogen) atoms. The molecule has 4 aliphatic rings. The molecule has 0 unspecified atom stereocenters. The van der Waals surface area contributed by atoms with Crippen LogP contribution in [-0.4, -0.2) is 29.6 Å². The number of fused-ring (bicyclic) bond motifs is 5. The fourth-order valence-electron chi connectivity index (χ4n) is 7.57. The van der Waals surface area contributed by atoms with Crippen LogP contribution in [-0.2, 0) is 14.3 Å². The summed E-state index contributed by atoms with van der Waals surface area (Å²) in [4.78, 5) is 25.0. The van der Waals surface area contributed by atoms with Gasteiger partial charge in [-0.15, -0.1) is 0 Å². The molecule has 8 atom stereocenters. The van der Waals surface area contributed by atoms with E-state index in [-0.39, 0.29) is 22.7 Å². The number of carbonyl (C=O) groups is 2. The van der Waals surface area contributed by atoms with Gasteiger partial charge in [0, 0.05) is 11.8 Å². The lowest BCUT2D eigenvalue weighted by atomic mass is 9.44. The average molecular weight is 363 g/mol. The highest BCUT2D eigenvalue weighted by Gasteiger charge is 2.61. The summed E-state index contributed by atoms with van der Waals surface area (Å²) in [6.45, 7) is 6.78. The van der Waals surface area contributed by atoms with Crippen LogP contribution in [0.1, 0.15) is 72.1 Å². The van der Waals surface area contributed by atoms with Crippen LogP contribution in [0.25, 0.3) is 0 Å². The molecule has 0 radical (unpaired) electrons. The molecule has 146 valence electrons. The zero-order valence-electron chi connectivity index (χ0n) is 16.5. The SMILES string of the molecule is CCOC(=O)[C@H]1C[C@@]2(C)[C@@H](CC[C@@H]3[C@@H]2CC[C@]2(C)C(=O)CC[C@@H]32)C[C@@H]1O. The van der Waals surface area contributed by atoms with Gasteiger partial charge in [-0.3, -0.25) is 9.59 Å². The van der Waals surface area contributed by atoms with Gasteiger partial charge >= 0.3 is 5.97 Å². The highest BCUT2D eigenvalue weighted by molar-refractivity contribution is 5.87. The predicted octanol–water partition coefficient (Wildman–Crippen LogP) is 3.75. The number of carbonyl (C=O) groups excluding carboxylic acids is 2. The van der Waals surface area contributed by atoms with E-state index in [1.54, 1.807) is 0 Å². The molecule has 0 aliphatic heterocycles. The molecular weight excluding hydrogens is 328 g/mol. The molecule has 0 heterocycles. The monoisotopic (exact) mass is 362 g/mol. The van der Waals surface area contributed by atoms with Crippen molar-refractivity contribution in [2.45, 2.75) is 78.2 Å². The molecule has 4 rings (SSSR count). The van der Waals surface area contributed by atoms with Gasteiger partial charge in [-0.2, -0.15) is 0 Å². The Bertz CT molecular complexity index is 601. The van der Waals surface area contributed by atoms with Crippen molar-refractivity contribution < 1.29 is 19.4 Å². The van der Waals surface area contributed by atoms with Crippen molar-refractivity contribution in [2.24, 2.45) is 40.4 Å². The van der Waals surface area contributed by atoms with Crippen LogP contribution in [0.4, 0.5) is 0 Å². The van der Waals surface area contributed by atoms with E-state index in [1.807, 2.05) is 6.92 Å². The molecule has 0 amide bonds. The van der Waals surface area contributed by atoms with Crippen LogP contribution in [0.2, 0.25) is 0 Å². The Labute approximate surface area is 157 Å². The number of aliphatic hydroxyl groups is 1. The first-order chi connectivity index (χ1) is 12.3. The van der Waals surface area contributed by atoms with E-state index in [2.05, 4.69) is 13.8 Å². The third-order valence-corrected chi connectivity index (χ3v) is 9.01. The number of hydrogen-bond donors (Lipinski definition) is 1. The lowest BCUT2D eigenvalue weighted by molar-refractivity contribution is -0.172. The van der Waals surface area contributed by atoms with Crippen LogP contribution in [0.5, 0.6) is 0 Å². The minimum atomic E-state index is -0.564. The molecule has 4 nitrogen and oxygen atoms in total. The van der Waals surface area contributed by atoms with Crippen molar-refractivity contribution in [1.29, 1.82) is 0 Å². The Hall–Kier alpha value is -0.900. The van der Waals surface area contributed by atoms with Gasteiger partial charge in [0.05, 0.1) is 18.6 Å². The second kappa shape index (κ2) is 6.32. The van der Waals surface area contributed by atoms with Gasteiger partial charge in [-0.05, 0) is 81.0 Å². The molecule has 0 saturated heterocycles. The number of Topliss-reactive ketones (excluding diaryl/α,β-unsaturated/α-hetero) is 1. The van der Waals surface area contributed by atoms with Crippen molar-refractivity contribution in [1.82, 2.24) is 0 Å². The summed E-state index contributed by atoms with van der Waals surface area (Å²) in [5.74, 6) is 2.09. The first kappa shape index (κ1) is 18.5. The third-order valence-electron chi connectivity index (χ3n) is 9.01. The Morgan fingerprint density at radius 1 is 1.19 bits per heavy atom. The minimum Gasteiger partial charge on any atom is -0.466 e. The highest BCUT2D eigenvalue weighted by atomic mass is 16.5. The van der Waals surface area contributed by atoms with E-state index < -0.39 is 6.10 Å². The van der Waals surface area contributed by atoms with Crippen molar-refractivity contribution in [3.05, 3.63) is 0 Å². The quantitative estimate of drug-likeness (QED) is 0.760. The van der Waals surface area contributed by atoms with Gasteiger partial charge in [0.2, 0.25) is 0 Å². The maximum atomic E-state index is 12.5. The van der Waals surface area contributed by atoms with Crippen LogP contribution < -0.4 is 0 Å². The lowest BCUT2D eigenvalue weighted by Gasteiger charge is -2.60. The third kappa shape index (κ3) is 2.51. The summed E-state index contributed by atoms with van der Waals surface area (Å²) in [5, 5.41) is 10.6. The van der Waals surface area contributed by atoms with Gasteiger partial charge in [0.15, 0.2) is 0 Å². The molecule has 0 spiro atoms. The second-order valence-electron chi connectivity index (χ2n) is 9.94. The van der Waals surface area contributed by atoms with Crippen molar-refractivity contribution in [3.8, 4) is 0 Å². The maximum absolute atomic E-state index is 12.5. The molecule has 0 aromatic heterocycles. The summed E-state index contributed by atoms with van der Waals surface area (Å²) in [7, 11) is 0. The normalized spacial score (nSPS) is 50.5. The largest absolute Gasteiger partial charge is 0.466 e. The van der Waals surface area contributed by atoms with E-state index in [0.717, 1.165) is 44.9 Å². The number of aliphatic hydroxyl groups excluding tert-OH is 1. The first-order valence-electron chi connectivity index (χ1n) is 10.7. The van der Waals surface area contributed by atoms with E-state index in [9.17, 15) is 14.7 Å². The van der Waals surface area contributed by atoms with Crippen LogP contribution >= 0.6 is 0 Å². The molecule has 1 N–H and O–H groups in total. The molecule has 4 aliphatic carbocycles. The van der Waals surface area contributed by atoms with Gasteiger partial charge in [0.25, 0.3) is 0 Å². The van der Waals surface area contributed by atoms with Gasteiger partial charge in [-0.25, -0.2) is 0 Å². The Kier molecular flexibility index (Phi) is 4.49. The number of ketones is 1. The number of hydrogen-bond acceptors (Lipinski definition) is 4. The zero-order valence-corrected chi connectivity index (χ0v) is 16.5. The maximum Gasteiger partial charge on any atom is 0.311 e. The summed E-state index contributed by atoms with van der Waals surface area (Å²) in [6.07, 6.45) is 7.15. The summed E-state index contributed by atoms with van der Waals surface area (Å²) < 4.78 is 5.27. The fraction of sp³-hybridized carbons (Fsp3) is 0.909. The van der Waals surface area contributed by atoms with E-state index in [1.165, 1.54) is 6.42 Å². The molecule has 0 aromatic rings. The predicted molar refractivity (Wildman–Crippen MR) is 98.2 cm³/mol. The van der Waals surface area contributed by atoms with Crippen LogP contribution in [0, 0.1) is 40.4 Å². The van der Waals surface area contributed by atoms with E-state index in [0.29, 0.717) is 36.1 Å². The molecular formula is C22H34O4. The standard InChI is InChI=1S/C22H34O4/c1-4-26-20(25)15-12-22(3)13(11-18(15)23)5-6-14-16-7-8-19(24)21(16,2)10-9-17(14)22/h13-18,23H,4-12H2,1-3H3/t13-,14-,15-,16-,17-,18-,21-,22-/m0/s1. The van der Waals surface area contributed by atoms with Gasteiger partial charge in [-0.1, -0.05) is 13.8 Å². The van der Waals surface area contributed by atoms with Crippen molar-refractivity contribution in [2.75, 3.05) is 6.61 Å². The van der Waals surface area contributed by atoms with Gasteiger partial charge in [0.1, 0.15) is 5.78 Å². The smallest absolute Gasteiger partial charge is 0.311 e. The molecule has 4 saturated carbocycles. The summed E-state index contributed by atoms with van der Waals surface area (Å²) in [5.41, 5.74) is -0.00830. The van der Waals surface area contributed by atoms with E-state index in [4.69, 9.17) is 4.74 Å². The molecule has 0 aromatic carbocycles. The minimum absolute atomic E-state index is 0.0898. The number of rotatable bonds is 2. The van der Waals surface area contributed by atoms with Crippen LogP contribution in [0.3, 0.4) is 0 Å². The zero-order chi connectivity index (χ0) is 18.7. The Morgan fingerprint density at radius 2 is 1.96 bits per heavy atom. The lowest BCUT2D eigenvalue weighted by Crippen LogP contribution is -2.56. The average Bonchev–Trinajstić information content (AvgIpc) is 2.90. The summed E-state index contributed by atoms with van der Waals surface area (Å²) >= 11 is 0. The first-order valence-corrected chi connectivity index (χ1v) is 10.7. The van der Waals surface area contributed by atoms with Gasteiger partial charge < -0.3 is 9.84 Å². The topological polar surface area (TPSA) is 63.6 Å². The van der Waals surface area contributed by atoms with Crippen molar-refractivity contribution in [3.63, 3.8) is 0 Å². The molecule has 0 bridgehead atoms. The fourth-order valence-corrected chi connectivity index (χ4v) is 7.57. The highest BCUT2D eigenvalue weighted by Crippen LogP contribution is 2.66.